The number of benzene rings is 3. The van der Waals surface area contributed by atoms with Crippen molar-refractivity contribution in [3.05, 3.63) is 94.5 Å². The number of carboxylic acids is 1. The number of amides is 1. The molecule has 1 unspecified atom stereocenters. The van der Waals surface area contributed by atoms with Gasteiger partial charge in [-0.3, -0.25) is 4.90 Å². The normalized spacial score (nSPS) is 16.9. The molecule has 0 radical (unpaired) electrons. The fourth-order valence-electron chi connectivity index (χ4n) is 4.99. The van der Waals surface area contributed by atoms with E-state index in [1.165, 1.54) is 4.90 Å². The molecule has 1 amide bonds. The lowest BCUT2D eigenvalue weighted by molar-refractivity contribution is -0.143. The Morgan fingerprint density at radius 2 is 1.55 bits per heavy atom. The van der Waals surface area contributed by atoms with Crippen molar-refractivity contribution in [2.75, 3.05) is 13.2 Å². The van der Waals surface area contributed by atoms with E-state index < -0.39 is 18.1 Å². The smallest absolute Gasteiger partial charge is 0.410 e. The molecule has 1 N–H and O–H groups in total. The van der Waals surface area contributed by atoms with E-state index in [9.17, 15) is 14.7 Å². The number of carbonyl (C=O) groups is 2. The van der Waals surface area contributed by atoms with Crippen LogP contribution in [0.25, 0.3) is 11.1 Å². The molecule has 0 fully saturated rings. The van der Waals surface area contributed by atoms with E-state index in [4.69, 9.17) is 4.74 Å². The van der Waals surface area contributed by atoms with Crippen LogP contribution in [-0.4, -0.2) is 35.2 Å². The van der Waals surface area contributed by atoms with Crippen molar-refractivity contribution in [1.82, 2.24) is 4.90 Å². The average Bonchev–Trinajstić information content (AvgIpc) is 3.10. The van der Waals surface area contributed by atoms with Gasteiger partial charge in [-0.15, -0.1) is 0 Å². The standard InChI is InChI=1S/C26H23NO4/c1-16-7-6-12-22-17(16)13-14-27(24(22)25(28)29)26(30)31-15-23-20-10-4-2-8-18(20)19-9-3-5-11-21(19)23/h2-12,23-24H,13-15H2,1H3,(H,28,29). The third kappa shape index (κ3) is 3.17. The number of rotatable bonds is 3. The van der Waals surface area contributed by atoms with Crippen LogP contribution in [0.5, 0.6) is 0 Å². The minimum Gasteiger partial charge on any atom is -0.479 e. The second kappa shape index (κ2) is 7.58. The fraction of sp³-hybridized carbons (Fsp3) is 0.231. The van der Waals surface area contributed by atoms with Gasteiger partial charge in [-0.25, -0.2) is 9.59 Å². The monoisotopic (exact) mass is 413 g/mol. The van der Waals surface area contributed by atoms with Gasteiger partial charge >= 0.3 is 12.1 Å². The van der Waals surface area contributed by atoms with Crippen molar-refractivity contribution < 1.29 is 19.4 Å². The molecule has 2 aliphatic rings. The van der Waals surface area contributed by atoms with Gasteiger partial charge in [0, 0.05) is 12.5 Å². The molecule has 31 heavy (non-hydrogen) atoms. The highest BCUT2D eigenvalue weighted by Gasteiger charge is 2.38. The molecule has 0 spiro atoms. The fourth-order valence-corrected chi connectivity index (χ4v) is 4.99. The molecule has 3 aromatic rings. The molecular weight excluding hydrogens is 390 g/mol. The highest BCUT2D eigenvalue weighted by molar-refractivity contribution is 5.83. The van der Waals surface area contributed by atoms with Gasteiger partial charge in [0.2, 0.25) is 0 Å². The number of hydrogen-bond acceptors (Lipinski definition) is 3. The Bertz CT molecular complexity index is 1140. The van der Waals surface area contributed by atoms with Gasteiger partial charge in [-0.2, -0.15) is 0 Å². The Kier molecular flexibility index (Phi) is 4.74. The summed E-state index contributed by atoms with van der Waals surface area (Å²) in [5.41, 5.74) is 7.31. The summed E-state index contributed by atoms with van der Waals surface area (Å²) in [6, 6.07) is 20.9. The van der Waals surface area contributed by atoms with Crippen molar-refractivity contribution in [3.63, 3.8) is 0 Å². The quantitative estimate of drug-likeness (QED) is 0.661. The molecule has 3 aromatic carbocycles. The van der Waals surface area contributed by atoms with Crippen molar-refractivity contribution in [2.24, 2.45) is 0 Å². The van der Waals surface area contributed by atoms with Gasteiger partial charge in [-0.1, -0.05) is 66.7 Å². The maximum absolute atomic E-state index is 13.0. The molecule has 0 aromatic heterocycles. The topological polar surface area (TPSA) is 66.8 Å². The van der Waals surface area contributed by atoms with E-state index in [0.29, 0.717) is 18.5 Å². The second-order valence-electron chi connectivity index (χ2n) is 8.13. The number of fused-ring (bicyclic) bond motifs is 4. The molecule has 0 bridgehead atoms. The number of aryl methyl sites for hydroxylation is 1. The Hall–Kier alpha value is -3.60. The van der Waals surface area contributed by atoms with Crippen LogP contribution in [-0.2, 0) is 16.0 Å². The molecular formula is C26H23NO4. The number of ether oxygens (including phenoxy) is 1. The van der Waals surface area contributed by atoms with Crippen LogP contribution in [0.15, 0.2) is 66.7 Å². The van der Waals surface area contributed by atoms with Crippen LogP contribution >= 0.6 is 0 Å². The molecule has 5 rings (SSSR count). The van der Waals surface area contributed by atoms with Crippen molar-refractivity contribution in [1.29, 1.82) is 0 Å². The summed E-state index contributed by atoms with van der Waals surface area (Å²) in [6.07, 6.45) is 0.0390. The summed E-state index contributed by atoms with van der Waals surface area (Å²) in [5, 5.41) is 9.89. The van der Waals surface area contributed by atoms with Crippen LogP contribution in [0, 0.1) is 6.92 Å². The third-order valence-corrected chi connectivity index (χ3v) is 6.46. The first-order valence-corrected chi connectivity index (χ1v) is 10.5. The Balaban J connectivity index is 1.39. The van der Waals surface area contributed by atoms with Crippen LogP contribution in [0.3, 0.4) is 0 Å². The number of nitrogens with zero attached hydrogens (tertiary/aromatic N) is 1. The van der Waals surface area contributed by atoms with E-state index in [1.54, 1.807) is 6.07 Å². The molecule has 0 saturated carbocycles. The summed E-state index contributed by atoms with van der Waals surface area (Å²) in [6.45, 7) is 2.47. The van der Waals surface area contributed by atoms with Crippen LogP contribution in [0.4, 0.5) is 4.79 Å². The minimum absolute atomic E-state index is 0.0565. The number of carboxylic acid groups (broad SMARTS) is 1. The summed E-state index contributed by atoms with van der Waals surface area (Å²) in [7, 11) is 0. The van der Waals surface area contributed by atoms with Gasteiger partial charge < -0.3 is 9.84 Å². The highest BCUT2D eigenvalue weighted by atomic mass is 16.6. The van der Waals surface area contributed by atoms with Crippen molar-refractivity contribution >= 4 is 12.1 Å². The van der Waals surface area contributed by atoms with Gasteiger partial charge in [0.25, 0.3) is 0 Å². The molecule has 1 atom stereocenters. The summed E-state index contributed by atoms with van der Waals surface area (Å²) >= 11 is 0. The van der Waals surface area contributed by atoms with Gasteiger partial charge in [0.15, 0.2) is 6.04 Å². The number of carbonyl (C=O) groups excluding carboxylic acids is 1. The van der Waals surface area contributed by atoms with Gasteiger partial charge in [-0.05, 0) is 52.3 Å². The molecule has 1 heterocycles. The molecule has 156 valence electrons. The second-order valence-corrected chi connectivity index (χ2v) is 8.13. The van der Waals surface area contributed by atoms with Gasteiger partial charge in [0.1, 0.15) is 6.61 Å². The van der Waals surface area contributed by atoms with Crippen LogP contribution in [0.1, 0.15) is 39.8 Å². The average molecular weight is 413 g/mol. The van der Waals surface area contributed by atoms with Crippen LogP contribution in [0.2, 0.25) is 0 Å². The zero-order chi connectivity index (χ0) is 21.5. The maximum atomic E-state index is 13.0. The lowest BCUT2D eigenvalue weighted by Crippen LogP contribution is -2.44. The predicted octanol–water partition coefficient (Wildman–Crippen LogP) is 4.93. The zero-order valence-corrected chi connectivity index (χ0v) is 17.2. The summed E-state index contributed by atoms with van der Waals surface area (Å²) in [4.78, 5) is 26.5. The van der Waals surface area contributed by atoms with E-state index >= 15 is 0 Å². The maximum Gasteiger partial charge on any atom is 0.410 e. The summed E-state index contributed by atoms with van der Waals surface area (Å²) in [5.74, 6) is -1.10. The van der Waals surface area contributed by atoms with E-state index in [1.807, 2.05) is 43.3 Å². The lowest BCUT2D eigenvalue weighted by Gasteiger charge is -2.35. The molecule has 1 aliphatic heterocycles. The highest BCUT2D eigenvalue weighted by Crippen LogP contribution is 2.44. The third-order valence-electron chi connectivity index (χ3n) is 6.46. The van der Waals surface area contributed by atoms with E-state index in [0.717, 1.165) is 33.4 Å². The van der Waals surface area contributed by atoms with Gasteiger partial charge in [0.05, 0.1) is 0 Å². The van der Waals surface area contributed by atoms with E-state index in [-0.39, 0.29) is 12.5 Å². The molecule has 1 aliphatic carbocycles. The summed E-state index contributed by atoms with van der Waals surface area (Å²) < 4.78 is 5.73. The minimum atomic E-state index is -1.04. The number of aliphatic carboxylic acids is 1. The largest absolute Gasteiger partial charge is 0.479 e. The van der Waals surface area contributed by atoms with Crippen LogP contribution < -0.4 is 0 Å². The van der Waals surface area contributed by atoms with Crippen molar-refractivity contribution in [2.45, 2.75) is 25.3 Å². The Morgan fingerprint density at radius 3 is 2.19 bits per heavy atom. The molecule has 5 heteroatoms. The Morgan fingerprint density at radius 1 is 0.935 bits per heavy atom. The molecule has 5 nitrogen and oxygen atoms in total. The first-order chi connectivity index (χ1) is 15.1. The van der Waals surface area contributed by atoms with E-state index in [2.05, 4.69) is 24.3 Å². The first kappa shape index (κ1) is 19.4. The first-order valence-electron chi connectivity index (χ1n) is 10.5. The Labute approximate surface area is 180 Å². The lowest BCUT2D eigenvalue weighted by atomic mass is 9.90. The SMILES string of the molecule is Cc1cccc2c1CCN(C(=O)OCC1c3ccccc3-c3ccccc31)C2C(=O)O. The number of hydrogen-bond donors (Lipinski definition) is 1. The van der Waals surface area contributed by atoms with Crippen molar-refractivity contribution in [3.8, 4) is 11.1 Å². The zero-order valence-electron chi connectivity index (χ0n) is 17.2. The molecule has 0 saturated heterocycles. The predicted molar refractivity (Wildman–Crippen MR) is 117 cm³/mol.